The first kappa shape index (κ1) is 82.0. The van der Waals surface area contributed by atoms with E-state index in [9.17, 15) is 91.7 Å². The summed E-state index contributed by atoms with van der Waals surface area (Å²) in [6, 6.07) is 16.3. The van der Waals surface area contributed by atoms with Crippen LogP contribution < -0.4 is 120 Å². The van der Waals surface area contributed by atoms with E-state index in [1.807, 2.05) is 26.1 Å². The number of ether oxygens (including phenoxy) is 6. The minimum atomic E-state index is -4.58. The summed E-state index contributed by atoms with van der Waals surface area (Å²) in [6.07, 6.45) is -16.7. The van der Waals surface area contributed by atoms with E-state index in [0.29, 0.717) is 12.8 Å². The van der Waals surface area contributed by atoms with Crippen molar-refractivity contribution in [3.8, 4) is 23.0 Å². The van der Waals surface area contributed by atoms with Crippen molar-refractivity contribution in [2.75, 3.05) is 39.4 Å². The van der Waals surface area contributed by atoms with E-state index in [1.165, 1.54) is 72.8 Å². The third kappa shape index (κ3) is 31.6. The number of benzene rings is 4. The smallest absolute Gasteiger partial charge is 0.548 e. The molecular weight excluding hydrogens is 1310 g/mol. The molecule has 3 unspecified atom stereocenters. The molecule has 0 fully saturated rings. The number of aliphatic carboxylic acids is 2. The predicted octanol–water partition coefficient (Wildman–Crippen LogP) is 0.791. The summed E-state index contributed by atoms with van der Waals surface area (Å²) in [4.78, 5) is 95.4. The second-order valence-corrected chi connectivity index (χ2v) is 24.8. The Morgan fingerprint density at radius 2 is 0.753 bits per heavy atom. The molecule has 93 heavy (non-hydrogen) atoms. The summed E-state index contributed by atoms with van der Waals surface area (Å²) in [7, 11) is -8.24. The number of alkyl halides is 6. The second-order valence-electron chi connectivity index (χ2n) is 20.9. The minimum Gasteiger partial charge on any atom is -0.548 e. The van der Waals surface area contributed by atoms with Gasteiger partial charge in [0.05, 0.1) is 56.4 Å². The number of carbonyl (C=O) groups excluding carboxylic acids is 8. The fourth-order valence-electron chi connectivity index (χ4n) is 8.19. The van der Waals surface area contributed by atoms with E-state index in [4.69, 9.17) is 18.9 Å². The topological polar surface area (TPSA) is 379 Å². The molecule has 36 heteroatoms. The summed E-state index contributed by atoms with van der Waals surface area (Å²) >= 11 is 0. The molecule has 0 radical (unpaired) electrons. The van der Waals surface area contributed by atoms with Crippen LogP contribution in [0.15, 0.2) is 117 Å². The van der Waals surface area contributed by atoms with Gasteiger partial charge in [-0.2, -0.15) is 26.3 Å². The van der Waals surface area contributed by atoms with Gasteiger partial charge in [-0.1, -0.05) is 20.8 Å². The van der Waals surface area contributed by atoms with Gasteiger partial charge in [0.15, 0.2) is 0 Å². The number of carboxylic acids is 2. The molecule has 4 aromatic carbocycles. The number of carboxylic acid groups (broad SMARTS) is 2. The Bertz CT molecular complexity index is 3340. The Balaban J connectivity index is 0.0000147. The van der Waals surface area contributed by atoms with Crippen LogP contribution in [0.5, 0.6) is 23.0 Å². The fourth-order valence-corrected chi connectivity index (χ4v) is 10.7. The van der Waals surface area contributed by atoms with Crippen molar-refractivity contribution in [3.05, 3.63) is 97.1 Å². The molecule has 6 N–H and O–H groups in total. The third-order valence-electron chi connectivity index (χ3n) is 12.7. The molecule has 26 nitrogen and oxygen atoms in total. The summed E-state index contributed by atoms with van der Waals surface area (Å²) in [5, 5.41) is 36.9. The molecule has 0 aliphatic rings. The van der Waals surface area contributed by atoms with Gasteiger partial charge >= 0.3 is 108 Å². The van der Waals surface area contributed by atoms with Crippen molar-refractivity contribution < 1.29 is 179 Å². The van der Waals surface area contributed by atoms with Crippen LogP contribution in [-0.4, -0.2) is 129 Å². The zero-order valence-corrected chi connectivity index (χ0v) is 56.7. The van der Waals surface area contributed by atoms with Crippen LogP contribution >= 0.6 is 0 Å². The number of halogens is 6. The van der Waals surface area contributed by atoms with Crippen molar-refractivity contribution in [3.63, 3.8) is 0 Å². The first-order chi connectivity index (χ1) is 42.6. The molecular formula is C57H66F6N6Na2O20S2. The van der Waals surface area contributed by atoms with Gasteiger partial charge in [-0.15, -0.1) is 0 Å². The van der Waals surface area contributed by atoms with Crippen LogP contribution in [0.3, 0.4) is 0 Å². The maximum atomic E-state index is 13.4. The number of alkyl carbamates (subject to hydrolysis) is 2. The van der Waals surface area contributed by atoms with Crippen LogP contribution in [0.1, 0.15) is 85.0 Å². The summed E-state index contributed by atoms with van der Waals surface area (Å²) < 4.78 is 156. The Labute approximate surface area is 575 Å². The van der Waals surface area contributed by atoms with E-state index < -0.39 is 119 Å². The van der Waals surface area contributed by atoms with Crippen LogP contribution in [0.25, 0.3) is 0 Å². The average Bonchev–Trinajstić information content (AvgIpc) is 0.815. The van der Waals surface area contributed by atoms with E-state index in [-0.39, 0.29) is 178 Å². The van der Waals surface area contributed by atoms with Crippen molar-refractivity contribution in [2.45, 2.75) is 129 Å². The first-order valence-corrected chi connectivity index (χ1v) is 30.7. The van der Waals surface area contributed by atoms with E-state index >= 15 is 0 Å². The van der Waals surface area contributed by atoms with Gasteiger partial charge in [-0.25, -0.2) is 45.6 Å². The van der Waals surface area contributed by atoms with Gasteiger partial charge in [0.1, 0.15) is 36.2 Å². The Morgan fingerprint density at radius 1 is 0.441 bits per heavy atom. The molecule has 0 bridgehead atoms. The second kappa shape index (κ2) is 38.9. The van der Waals surface area contributed by atoms with E-state index in [0.717, 1.165) is 24.3 Å². The maximum Gasteiger partial charge on any atom is 1.00 e. The van der Waals surface area contributed by atoms with Crippen molar-refractivity contribution in [1.82, 2.24) is 31.9 Å². The quantitative estimate of drug-likeness (QED) is 0.0218. The molecule has 0 aromatic heterocycles. The van der Waals surface area contributed by atoms with Crippen LogP contribution in [0.4, 0.5) is 55.1 Å². The molecule has 0 aliphatic carbocycles. The normalized spacial score (nSPS) is 12.5. The van der Waals surface area contributed by atoms with Crippen molar-refractivity contribution in [2.24, 2.45) is 11.3 Å². The number of unbranched alkanes of at least 4 members (excludes halogenated alkanes) is 2. The van der Waals surface area contributed by atoms with Gasteiger partial charge in [0.2, 0.25) is 19.7 Å². The summed E-state index contributed by atoms with van der Waals surface area (Å²) in [6.45, 7) is 4.22. The molecule has 0 spiro atoms. The number of hydrogen-bond acceptors (Lipinski definition) is 20. The van der Waals surface area contributed by atoms with Crippen molar-refractivity contribution >= 4 is 68.2 Å². The maximum absolute atomic E-state index is 13.4. The molecule has 0 aliphatic heterocycles. The van der Waals surface area contributed by atoms with Gasteiger partial charge in [-0.05, 0) is 160 Å². The number of hydrogen-bond donors (Lipinski definition) is 6. The Morgan fingerprint density at radius 3 is 1.11 bits per heavy atom. The van der Waals surface area contributed by atoms with E-state index in [1.54, 1.807) is 0 Å². The van der Waals surface area contributed by atoms with Gasteiger partial charge in [0, 0.05) is 26.2 Å². The SMILES string of the molecule is CC(CNC(=O)Oc1ccc(S(=O)(=O)c2ccc(OC(=O)NCCCCC(NC(=O)OCCC(F)(F)F)C(=O)[O-])cc2)cc1)CC(C)(C)CCNC(=O)Oc1ccc(S(=O)(=O)c2ccc(OC(=O)NC(CCCCNC(=O)OCCC(F)(F)F)C(=O)[O-])cc2)cc1.[Na+].[Na+]. The molecule has 4 rings (SSSR count). The largest absolute Gasteiger partial charge is 1.00 e. The monoisotopic (exact) mass is 1380 g/mol. The first-order valence-electron chi connectivity index (χ1n) is 27.8. The van der Waals surface area contributed by atoms with Crippen LogP contribution in [-0.2, 0) is 38.7 Å². The number of rotatable bonds is 33. The fraction of sp³-hybridized carbons (Fsp3) is 0.439. The zero-order valence-electron chi connectivity index (χ0n) is 51.0. The predicted molar refractivity (Wildman–Crippen MR) is 301 cm³/mol. The number of amides is 6. The van der Waals surface area contributed by atoms with Gasteiger partial charge in [0.25, 0.3) is 0 Å². The molecule has 0 saturated carbocycles. The average molecular weight is 1380 g/mol. The molecule has 4 aromatic rings. The zero-order chi connectivity index (χ0) is 67.6. The summed E-state index contributed by atoms with van der Waals surface area (Å²) in [5.74, 6) is -3.55. The minimum absolute atomic E-state index is 0. The number of sulfone groups is 2. The molecule has 500 valence electrons. The van der Waals surface area contributed by atoms with Gasteiger partial charge < -0.3 is 80.1 Å². The van der Waals surface area contributed by atoms with Crippen LogP contribution in [0, 0.1) is 11.3 Å². The number of carbonyl (C=O) groups is 8. The summed E-state index contributed by atoms with van der Waals surface area (Å²) in [5.41, 5.74) is -0.355. The van der Waals surface area contributed by atoms with Gasteiger partial charge in [-0.3, -0.25) is 0 Å². The molecule has 0 saturated heterocycles. The third-order valence-corrected chi connectivity index (χ3v) is 16.3. The molecule has 6 amide bonds. The molecule has 3 atom stereocenters. The van der Waals surface area contributed by atoms with Crippen LogP contribution in [0.2, 0.25) is 0 Å². The van der Waals surface area contributed by atoms with Crippen molar-refractivity contribution in [1.29, 1.82) is 0 Å². The Hall–Kier alpha value is -7.08. The van der Waals surface area contributed by atoms with E-state index in [2.05, 4.69) is 36.1 Å². The number of nitrogens with one attached hydrogen (secondary N) is 6. The molecule has 0 heterocycles. The Kier molecular flexibility index (Phi) is 34.3. The standard InChI is InChI=1S/C57H68F6N6O20S2.2Na/c1-36(35-67-52(77)88-39-14-22-43(23-15-39)90(80,81)41-18-10-37(11-19-41)86-50(75)65-30-7-5-8-45(47(70)71)68-53(78)85-33-28-57(61,62)63)34-55(2,3)26-31-66-51(76)87-38-12-20-42(21-13-38)91(82,83)44-24-16-40(17-25-44)89-54(79)69-46(48(72)73)9-4-6-29-64-49(74)84-32-27-56(58,59)60;;/h10-25,36,45-46H,4-9,26-35H2,1-3H3,(H,64,74)(H,65,75)(H,66,76)(H,67,77)(H,68,78)(H,69,79)(H,70,71)(H,72,73);;/q;2*+1/p-2.